The highest BCUT2D eigenvalue weighted by Gasteiger charge is 2.29. The predicted molar refractivity (Wildman–Crippen MR) is 154 cm³/mol. The summed E-state index contributed by atoms with van der Waals surface area (Å²) in [5.41, 5.74) is 3.53. The number of rotatable bonds is 7. The molecule has 3 aliphatic rings. The van der Waals surface area contributed by atoms with Gasteiger partial charge >= 0.3 is 6.09 Å². The molecule has 1 unspecified atom stereocenters. The Kier molecular flexibility index (Phi) is 7.82. The van der Waals surface area contributed by atoms with Gasteiger partial charge in [0.1, 0.15) is 5.82 Å². The summed E-state index contributed by atoms with van der Waals surface area (Å²) in [5.74, 6) is 1.97. The van der Waals surface area contributed by atoms with Gasteiger partial charge in [-0.2, -0.15) is 0 Å². The number of fused-ring (bicyclic) bond motifs is 2. The van der Waals surface area contributed by atoms with E-state index in [9.17, 15) is 9.59 Å². The van der Waals surface area contributed by atoms with Gasteiger partial charge in [-0.1, -0.05) is 18.2 Å². The van der Waals surface area contributed by atoms with Crippen LogP contribution in [-0.4, -0.2) is 85.6 Å². The summed E-state index contributed by atoms with van der Waals surface area (Å²) in [4.78, 5) is 37.3. The quantitative estimate of drug-likeness (QED) is 0.421. The second-order valence-corrected chi connectivity index (χ2v) is 10.7. The van der Waals surface area contributed by atoms with Crippen LogP contribution >= 0.6 is 0 Å². The van der Waals surface area contributed by atoms with Gasteiger partial charge in [0.05, 0.1) is 18.2 Å². The van der Waals surface area contributed by atoms with E-state index in [0.717, 1.165) is 40.7 Å². The van der Waals surface area contributed by atoms with Crippen LogP contribution in [0.4, 0.5) is 10.6 Å². The molecule has 41 heavy (non-hydrogen) atoms. The fourth-order valence-corrected chi connectivity index (χ4v) is 5.76. The molecule has 0 radical (unpaired) electrons. The maximum absolute atomic E-state index is 14.0. The van der Waals surface area contributed by atoms with Crippen molar-refractivity contribution in [1.82, 2.24) is 14.8 Å². The number of carbonyl (C=O) groups is 2. The lowest BCUT2D eigenvalue weighted by atomic mass is 10.1. The van der Waals surface area contributed by atoms with Crippen LogP contribution in [0.25, 0.3) is 10.9 Å². The van der Waals surface area contributed by atoms with Crippen molar-refractivity contribution < 1.29 is 28.5 Å². The van der Waals surface area contributed by atoms with Crippen molar-refractivity contribution in [2.75, 3.05) is 57.6 Å². The lowest BCUT2D eigenvalue weighted by molar-refractivity contribution is 0.0507. The molecule has 3 aromatic rings. The second kappa shape index (κ2) is 11.8. The first kappa shape index (κ1) is 27.1. The van der Waals surface area contributed by atoms with Crippen LogP contribution in [-0.2, 0) is 16.0 Å². The number of ether oxygens (including phenoxy) is 4. The standard InChI is InChI=1S/C31H36N4O6/c1-3-38-31(37)34-13-11-33(12-14-34)29-24(16-22-7-4-6-21(2)28(22)32-29)18-35(19-25-8-5-15-39-25)30(36)23-9-10-26-27(17-23)41-20-40-26/h4,6-7,9-10,16-17,25H,3,5,8,11-15,18-20H2,1-2H3. The van der Waals surface area contributed by atoms with Crippen molar-refractivity contribution >= 4 is 28.7 Å². The molecule has 0 N–H and O–H groups in total. The Bertz CT molecular complexity index is 1430. The van der Waals surface area contributed by atoms with E-state index in [-0.39, 0.29) is 24.9 Å². The number of anilines is 1. The van der Waals surface area contributed by atoms with Gasteiger partial charge in [0.2, 0.25) is 6.79 Å². The average Bonchev–Trinajstić information content (AvgIpc) is 3.68. The summed E-state index contributed by atoms with van der Waals surface area (Å²) in [6.07, 6.45) is 1.61. The zero-order chi connectivity index (χ0) is 28.3. The minimum atomic E-state index is -0.285. The Morgan fingerprint density at radius 2 is 1.90 bits per heavy atom. The number of piperazine rings is 1. The molecule has 1 atom stereocenters. The first-order chi connectivity index (χ1) is 20.0. The molecule has 2 aromatic carbocycles. The molecule has 4 heterocycles. The van der Waals surface area contributed by atoms with E-state index in [1.54, 1.807) is 23.1 Å². The van der Waals surface area contributed by atoms with Gasteiger partial charge in [0.15, 0.2) is 11.5 Å². The highest BCUT2D eigenvalue weighted by atomic mass is 16.7. The van der Waals surface area contributed by atoms with Crippen LogP contribution in [0.3, 0.4) is 0 Å². The number of aromatic nitrogens is 1. The molecule has 0 aliphatic carbocycles. The first-order valence-electron chi connectivity index (χ1n) is 14.4. The molecular weight excluding hydrogens is 524 g/mol. The summed E-state index contributed by atoms with van der Waals surface area (Å²) in [5, 5.41) is 1.03. The SMILES string of the molecule is CCOC(=O)N1CCN(c2nc3c(C)cccc3cc2CN(CC2CCCO2)C(=O)c2ccc3c(c2)OCO3)CC1. The summed E-state index contributed by atoms with van der Waals surface area (Å²) in [6.45, 7) is 8.28. The molecular formula is C31H36N4O6. The second-order valence-electron chi connectivity index (χ2n) is 10.7. The van der Waals surface area contributed by atoms with Crippen LogP contribution in [0.15, 0.2) is 42.5 Å². The molecule has 0 spiro atoms. The maximum Gasteiger partial charge on any atom is 0.409 e. The van der Waals surface area contributed by atoms with E-state index in [4.69, 9.17) is 23.9 Å². The zero-order valence-corrected chi connectivity index (χ0v) is 23.6. The van der Waals surface area contributed by atoms with E-state index < -0.39 is 0 Å². The molecule has 6 rings (SSSR count). The molecule has 2 amide bonds. The van der Waals surface area contributed by atoms with Gasteiger partial charge < -0.3 is 33.6 Å². The number of aryl methyl sites for hydroxylation is 1. The van der Waals surface area contributed by atoms with Crippen LogP contribution < -0.4 is 14.4 Å². The number of carbonyl (C=O) groups excluding carboxylic acids is 2. The number of hydrogen-bond acceptors (Lipinski definition) is 8. The molecule has 3 aliphatic heterocycles. The number of nitrogens with zero attached hydrogens (tertiary/aromatic N) is 4. The Morgan fingerprint density at radius 1 is 1.07 bits per heavy atom. The topological polar surface area (TPSA) is 93.7 Å². The monoisotopic (exact) mass is 560 g/mol. The van der Waals surface area contributed by atoms with E-state index in [1.807, 2.05) is 17.9 Å². The van der Waals surface area contributed by atoms with Gasteiger partial charge in [-0.05, 0) is 56.5 Å². The molecule has 0 bridgehead atoms. The van der Waals surface area contributed by atoms with Crippen molar-refractivity contribution in [3.8, 4) is 11.5 Å². The summed E-state index contributed by atoms with van der Waals surface area (Å²) in [6, 6.07) is 13.6. The molecule has 216 valence electrons. The van der Waals surface area contributed by atoms with Crippen LogP contribution in [0.1, 0.15) is 41.3 Å². The Morgan fingerprint density at radius 3 is 2.68 bits per heavy atom. The number of pyridine rings is 1. The minimum Gasteiger partial charge on any atom is -0.454 e. The fourth-order valence-electron chi connectivity index (χ4n) is 5.76. The highest BCUT2D eigenvalue weighted by Crippen LogP contribution is 2.34. The van der Waals surface area contributed by atoms with Gasteiger partial charge in [-0.15, -0.1) is 0 Å². The summed E-state index contributed by atoms with van der Waals surface area (Å²) >= 11 is 0. The van der Waals surface area contributed by atoms with Crippen molar-refractivity contribution in [2.24, 2.45) is 0 Å². The van der Waals surface area contributed by atoms with Crippen molar-refractivity contribution in [2.45, 2.75) is 39.3 Å². The average molecular weight is 561 g/mol. The number of para-hydroxylation sites is 1. The number of benzene rings is 2. The molecule has 10 nitrogen and oxygen atoms in total. The van der Waals surface area contributed by atoms with E-state index >= 15 is 0 Å². The molecule has 10 heteroatoms. The lowest BCUT2D eigenvalue weighted by Crippen LogP contribution is -2.49. The Labute approximate surface area is 239 Å². The largest absolute Gasteiger partial charge is 0.454 e. The van der Waals surface area contributed by atoms with E-state index in [0.29, 0.717) is 69.5 Å². The van der Waals surface area contributed by atoms with Gasteiger partial charge in [0, 0.05) is 62.4 Å². The maximum atomic E-state index is 14.0. The molecule has 2 fully saturated rings. The smallest absolute Gasteiger partial charge is 0.409 e. The zero-order valence-electron chi connectivity index (χ0n) is 23.6. The van der Waals surface area contributed by atoms with E-state index in [1.165, 1.54) is 0 Å². The van der Waals surface area contributed by atoms with Crippen LogP contribution in [0.5, 0.6) is 11.5 Å². The Balaban J connectivity index is 1.33. The predicted octanol–water partition coefficient (Wildman–Crippen LogP) is 4.37. The van der Waals surface area contributed by atoms with Crippen LogP contribution in [0, 0.1) is 6.92 Å². The van der Waals surface area contributed by atoms with Crippen molar-refractivity contribution in [3.05, 3.63) is 59.2 Å². The van der Waals surface area contributed by atoms with E-state index in [2.05, 4.69) is 30.0 Å². The van der Waals surface area contributed by atoms with Gasteiger partial charge in [0.25, 0.3) is 5.91 Å². The molecule has 1 aromatic heterocycles. The molecule has 2 saturated heterocycles. The third-order valence-electron chi connectivity index (χ3n) is 7.92. The molecule has 0 saturated carbocycles. The van der Waals surface area contributed by atoms with Gasteiger partial charge in [-0.3, -0.25) is 4.79 Å². The van der Waals surface area contributed by atoms with Crippen LogP contribution in [0.2, 0.25) is 0 Å². The highest BCUT2D eigenvalue weighted by molar-refractivity contribution is 5.95. The minimum absolute atomic E-state index is 0.0137. The van der Waals surface area contributed by atoms with Gasteiger partial charge in [-0.25, -0.2) is 9.78 Å². The fraction of sp³-hybridized carbons (Fsp3) is 0.452. The summed E-state index contributed by atoms with van der Waals surface area (Å²) in [7, 11) is 0. The number of hydrogen-bond donors (Lipinski definition) is 0. The third kappa shape index (κ3) is 5.74. The third-order valence-corrected chi connectivity index (χ3v) is 7.92. The first-order valence-corrected chi connectivity index (χ1v) is 14.4. The lowest BCUT2D eigenvalue weighted by Gasteiger charge is -2.36. The number of amides is 2. The normalized spacial score (nSPS) is 18.1. The van der Waals surface area contributed by atoms with Crippen molar-refractivity contribution in [1.29, 1.82) is 0 Å². The van der Waals surface area contributed by atoms with Crippen molar-refractivity contribution in [3.63, 3.8) is 0 Å². The summed E-state index contributed by atoms with van der Waals surface area (Å²) < 4.78 is 22.2. The Hall–Kier alpha value is -4.05.